The third-order valence-electron chi connectivity index (χ3n) is 5.27. The fourth-order valence-electron chi connectivity index (χ4n) is 3.76. The molecule has 0 unspecified atom stereocenters. The van der Waals surface area contributed by atoms with Gasteiger partial charge in [-0.25, -0.2) is 9.80 Å². The van der Waals surface area contributed by atoms with Crippen LogP contribution in [0.15, 0.2) is 35.4 Å². The van der Waals surface area contributed by atoms with Crippen molar-refractivity contribution < 1.29 is 23.9 Å². The van der Waals surface area contributed by atoms with Gasteiger partial charge in [0.1, 0.15) is 10.7 Å². The zero-order valence-electron chi connectivity index (χ0n) is 17.3. The van der Waals surface area contributed by atoms with Crippen LogP contribution in [0.3, 0.4) is 0 Å². The number of carbonyl (C=O) groups is 4. The highest BCUT2D eigenvalue weighted by atomic mass is 32.1. The smallest absolute Gasteiger partial charge is 0.355 e. The van der Waals surface area contributed by atoms with Gasteiger partial charge in [-0.05, 0) is 43.4 Å². The topological polar surface area (TPSA) is 131 Å². The summed E-state index contributed by atoms with van der Waals surface area (Å²) in [4.78, 5) is 50.0. The van der Waals surface area contributed by atoms with Crippen molar-refractivity contribution in [3.8, 4) is 0 Å². The van der Waals surface area contributed by atoms with E-state index in [0.29, 0.717) is 16.3 Å². The number of ether oxygens (including phenoxy) is 1. The predicted molar refractivity (Wildman–Crippen MR) is 120 cm³/mol. The van der Waals surface area contributed by atoms with E-state index in [1.807, 2.05) is 6.07 Å². The average Bonchev–Trinajstić information content (AvgIpc) is 3.16. The fraction of sp³-hybridized carbons (Fsp3) is 0.318. The van der Waals surface area contributed by atoms with Crippen molar-refractivity contribution in [1.29, 1.82) is 0 Å². The number of hydrazone groups is 1. The van der Waals surface area contributed by atoms with Crippen LogP contribution >= 0.6 is 11.3 Å². The van der Waals surface area contributed by atoms with Gasteiger partial charge < -0.3 is 15.8 Å². The van der Waals surface area contributed by atoms with E-state index in [0.717, 1.165) is 41.1 Å². The summed E-state index contributed by atoms with van der Waals surface area (Å²) < 4.78 is 5.11. The maximum Gasteiger partial charge on any atom is 0.355 e. The number of aryl methyl sites for hydroxylation is 1. The standard InChI is InChI=1S/C22H22N4O5S/c23-20(29)19-14-8-4-5-9-16(14)32-21(19)24-17(27)12-31-22(30)15-10-11-18(28)26(25-15)13-6-2-1-3-7-13/h1-3,6-7H,4-5,8-12H2,(H2,23,29)(H,24,27). The van der Waals surface area contributed by atoms with Gasteiger partial charge in [-0.3, -0.25) is 14.4 Å². The normalized spacial score (nSPS) is 15.6. The molecular weight excluding hydrogens is 432 g/mol. The second kappa shape index (κ2) is 9.31. The third-order valence-corrected chi connectivity index (χ3v) is 6.48. The SMILES string of the molecule is NC(=O)c1c(NC(=O)COC(=O)C2=NN(c3ccccc3)C(=O)CC2)sc2c1CCCC2. The highest BCUT2D eigenvalue weighted by Crippen LogP contribution is 2.37. The van der Waals surface area contributed by atoms with Crippen molar-refractivity contribution in [2.24, 2.45) is 10.8 Å². The number of para-hydroxylation sites is 1. The largest absolute Gasteiger partial charge is 0.451 e. The van der Waals surface area contributed by atoms with E-state index in [1.54, 1.807) is 24.3 Å². The number of rotatable bonds is 6. The molecule has 0 radical (unpaired) electrons. The Morgan fingerprint density at radius 1 is 1.09 bits per heavy atom. The molecule has 32 heavy (non-hydrogen) atoms. The number of hydrogen-bond acceptors (Lipinski definition) is 7. The van der Waals surface area contributed by atoms with Crippen molar-refractivity contribution in [2.75, 3.05) is 16.9 Å². The number of anilines is 2. The first-order valence-electron chi connectivity index (χ1n) is 10.3. The molecule has 3 N–H and O–H groups in total. The molecule has 166 valence electrons. The lowest BCUT2D eigenvalue weighted by Gasteiger charge is -2.22. The molecular formula is C22H22N4O5S. The van der Waals surface area contributed by atoms with Crippen LogP contribution in [0.5, 0.6) is 0 Å². The van der Waals surface area contributed by atoms with Gasteiger partial charge in [-0.1, -0.05) is 18.2 Å². The molecule has 1 aromatic heterocycles. The highest BCUT2D eigenvalue weighted by molar-refractivity contribution is 7.17. The molecule has 1 aliphatic carbocycles. The lowest BCUT2D eigenvalue weighted by molar-refractivity contribution is -0.140. The van der Waals surface area contributed by atoms with Crippen LogP contribution in [-0.2, 0) is 32.0 Å². The number of amides is 3. The van der Waals surface area contributed by atoms with Gasteiger partial charge in [0.05, 0.1) is 11.3 Å². The Hall–Kier alpha value is -3.53. The Kier molecular flexibility index (Phi) is 6.31. The van der Waals surface area contributed by atoms with Crippen LogP contribution in [0.4, 0.5) is 10.7 Å². The molecule has 10 heteroatoms. The minimum absolute atomic E-state index is 0.0608. The molecule has 2 aromatic rings. The summed E-state index contributed by atoms with van der Waals surface area (Å²) >= 11 is 1.34. The summed E-state index contributed by atoms with van der Waals surface area (Å²) in [5.41, 5.74) is 7.39. The molecule has 2 aliphatic rings. The second-order valence-electron chi connectivity index (χ2n) is 7.49. The Morgan fingerprint density at radius 3 is 2.59 bits per heavy atom. The quantitative estimate of drug-likeness (QED) is 0.647. The second-order valence-corrected chi connectivity index (χ2v) is 8.60. The molecule has 1 aromatic carbocycles. The van der Waals surface area contributed by atoms with Gasteiger partial charge in [0.25, 0.3) is 11.8 Å². The van der Waals surface area contributed by atoms with E-state index < -0.39 is 24.4 Å². The van der Waals surface area contributed by atoms with E-state index in [9.17, 15) is 19.2 Å². The highest BCUT2D eigenvalue weighted by Gasteiger charge is 2.28. The maximum atomic E-state index is 12.4. The summed E-state index contributed by atoms with van der Waals surface area (Å²) in [6.45, 7) is -0.544. The molecule has 0 bridgehead atoms. The summed E-state index contributed by atoms with van der Waals surface area (Å²) in [7, 11) is 0. The van der Waals surface area contributed by atoms with Crippen molar-refractivity contribution in [2.45, 2.75) is 38.5 Å². The number of carbonyl (C=O) groups excluding carboxylic acids is 4. The summed E-state index contributed by atoms with van der Waals surface area (Å²) in [6.07, 6.45) is 3.85. The van der Waals surface area contributed by atoms with Gasteiger partial charge in [-0.15, -0.1) is 11.3 Å². The first kappa shape index (κ1) is 21.7. The van der Waals surface area contributed by atoms with Crippen LogP contribution in [0.25, 0.3) is 0 Å². The molecule has 1 aliphatic heterocycles. The molecule has 0 spiro atoms. The van der Waals surface area contributed by atoms with E-state index in [2.05, 4.69) is 10.4 Å². The Bertz CT molecular complexity index is 1110. The van der Waals surface area contributed by atoms with Crippen LogP contribution in [0, 0.1) is 0 Å². The monoisotopic (exact) mass is 454 g/mol. The number of benzene rings is 1. The number of primary amides is 1. The van der Waals surface area contributed by atoms with Gasteiger partial charge in [0.15, 0.2) is 6.61 Å². The number of nitrogens with zero attached hydrogens (tertiary/aromatic N) is 2. The minimum atomic E-state index is -0.769. The molecule has 0 saturated carbocycles. The Morgan fingerprint density at radius 2 is 1.84 bits per heavy atom. The minimum Gasteiger partial charge on any atom is -0.451 e. The predicted octanol–water partition coefficient (Wildman–Crippen LogP) is 2.39. The molecule has 4 rings (SSSR count). The molecule has 9 nitrogen and oxygen atoms in total. The first-order chi connectivity index (χ1) is 15.4. The molecule has 0 fully saturated rings. The summed E-state index contributed by atoms with van der Waals surface area (Å²) in [5.74, 6) is -2.16. The van der Waals surface area contributed by atoms with E-state index in [-0.39, 0.29) is 24.5 Å². The van der Waals surface area contributed by atoms with Crippen LogP contribution in [-0.4, -0.2) is 36.0 Å². The van der Waals surface area contributed by atoms with E-state index in [4.69, 9.17) is 10.5 Å². The lowest BCUT2D eigenvalue weighted by Crippen LogP contribution is -2.35. The van der Waals surface area contributed by atoms with Crippen molar-refractivity contribution in [3.63, 3.8) is 0 Å². The van der Waals surface area contributed by atoms with Crippen LogP contribution < -0.4 is 16.1 Å². The Balaban J connectivity index is 1.40. The van der Waals surface area contributed by atoms with Gasteiger partial charge in [0, 0.05) is 17.7 Å². The van der Waals surface area contributed by atoms with Gasteiger partial charge in [0.2, 0.25) is 5.91 Å². The van der Waals surface area contributed by atoms with Crippen molar-refractivity contribution in [1.82, 2.24) is 0 Å². The zero-order chi connectivity index (χ0) is 22.7. The fourth-order valence-corrected chi connectivity index (χ4v) is 5.07. The zero-order valence-corrected chi connectivity index (χ0v) is 18.1. The van der Waals surface area contributed by atoms with Crippen molar-refractivity contribution in [3.05, 3.63) is 46.3 Å². The number of hydrogen-bond donors (Lipinski definition) is 2. The number of thiophene rings is 1. The van der Waals surface area contributed by atoms with Crippen LogP contribution in [0.1, 0.15) is 46.5 Å². The lowest BCUT2D eigenvalue weighted by atomic mass is 9.95. The third kappa shape index (κ3) is 4.54. The maximum absolute atomic E-state index is 12.4. The number of fused-ring (bicyclic) bond motifs is 1. The Labute approximate surface area is 188 Å². The van der Waals surface area contributed by atoms with Crippen LogP contribution in [0.2, 0.25) is 0 Å². The molecule has 0 saturated heterocycles. The molecule has 3 amide bonds. The van der Waals surface area contributed by atoms with Gasteiger partial charge >= 0.3 is 5.97 Å². The summed E-state index contributed by atoms with van der Waals surface area (Å²) in [6, 6.07) is 8.75. The number of nitrogens with one attached hydrogen (secondary N) is 1. The van der Waals surface area contributed by atoms with Gasteiger partial charge in [-0.2, -0.15) is 5.10 Å². The van der Waals surface area contributed by atoms with Crippen molar-refractivity contribution >= 4 is 51.4 Å². The van der Waals surface area contributed by atoms with E-state index >= 15 is 0 Å². The number of esters is 1. The summed E-state index contributed by atoms with van der Waals surface area (Å²) in [5, 5.41) is 8.31. The molecule has 2 heterocycles. The average molecular weight is 455 g/mol. The van der Waals surface area contributed by atoms with E-state index in [1.165, 1.54) is 11.3 Å². The number of nitrogens with two attached hydrogens (primary N) is 1. The first-order valence-corrected chi connectivity index (χ1v) is 11.1. The molecule has 0 atom stereocenters.